The van der Waals surface area contributed by atoms with Gasteiger partial charge < -0.3 is 24.4 Å². The number of halogens is 2. The van der Waals surface area contributed by atoms with Crippen LogP contribution in [-0.4, -0.2) is 55.9 Å². The highest BCUT2D eigenvalue weighted by atomic mass is 19.3. The Morgan fingerprint density at radius 3 is 2.43 bits per heavy atom. The largest absolute Gasteiger partial charge is 0.493 e. The van der Waals surface area contributed by atoms with Crippen molar-refractivity contribution in [2.45, 2.75) is 52.2 Å². The number of piperidine rings is 1. The molecule has 1 N–H and O–H groups in total. The van der Waals surface area contributed by atoms with E-state index in [-0.39, 0.29) is 29.4 Å². The standard InChI is InChI=1S/C21H30F2N2O5/c1-21(2,3)30-20(27)25-11-8-15(9-12-25)18(26)24-10-7-14-5-6-16(28-4)17(13-14)29-19(22)23/h5-6,13,15,19H,7-12H2,1-4H3,(H,24,26). The molecule has 0 aromatic heterocycles. The number of nitrogens with zero attached hydrogens (tertiary/aromatic N) is 1. The molecule has 0 spiro atoms. The molecule has 0 atom stereocenters. The fourth-order valence-corrected chi connectivity index (χ4v) is 3.19. The van der Waals surface area contributed by atoms with Crippen molar-refractivity contribution in [1.82, 2.24) is 10.2 Å². The van der Waals surface area contributed by atoms with Gasteiger partial charge in [0.2, 0.25) is 5.91 Å². The van der Waals surface area contributed by atoms with Crippen LogP contribution in [0.3, 0.4) is 0 Å². The Labute approximate surface area is 175 Å². The zero-order valence-corrected chi connectivity index (χ0v) is 17.9. The van der Waals surface area contributed by atoms with E-state index >= 15 is 0 Å². The third-order valence-corrected chi connectivity index (χ3v) is 4.67. The molecule has 0 bridgehead atoms. The Balaban J connectivity index is 1.78. The van der Waals surface area contributed by atoms with Gasteiger partial charge in [-0.3, -0.25) is 4.79 Å². The van der Waals surface area contributed by atoms with Crippen LogP contribution in [0.5, 0.6) is 11.5 Å². The van der Waals surface area contributed by atoms with Crippen LogP contribution in [0.4, 0.5) is 13.6 Å². The normalized spacial score (nSPS) is 15.1. The number of hydrogen-bond acceptors (Lipinski definition) is 5. The zero-order valence-electron chi connectivity index (χ0n) is 17.9. The van der Waals surface area contributed by atoms with E-state index in [1.807, 2.05) is 20.8 Å². The molecule has 0 aliphatic carbocycles. The van der Waals surface area contributed by atoms with E-state index in [4.69, 9.17) is 9.47 Å². The van der Waals surface area contributed by atoms with E-state index in [9.17, 15) is 18.4 Å². The highest BCUT2D eigenvalue weighted by Crippen LogP contribution is 2.29. The van der Waals surface area contributed by atoms with Crippen molar-refractivity contribution in [1.29, 1.82) is 0 Å². The van der Waals surface area contributed by atoms with Crippen molar-refractivity contribution in [3.05, 3.63) is 23.8 Å². The molecule has 9 heteroatoms. The molecular weight excluding hydrogens is 398 g/mol. The maximum Gasteiger partial charge on any atom is 0.410 e. The van der Waals surface area contributed by atoms with Gasteiger partial charge in [0, 0.05) is 25.6 Å². The molecule has 0 radical (unpaired) electrons. The van der Waals surface area contributed by atoms with Gasteiger partial charge in [-0.2, -0.15) is 8.78 Å². The molecule has 2 amide bonds. The van der Waals surface area contributed by atoms with Gasteiger partial charge in [-0.05, 0) is 57.7 Å². The highest BCUT2D eigenvalue weighted by molar-refractivity contribution is 5.79. The van der Waals surface area contributed by atoms with Crippen molar-refractivity contribution in [3.63, 3.8) is 0 Å². The third kappa shape index (κ3) is 7.35. The number of likely N-dealkylation sites (tertiary alicyclic amines) is 1. The van der Waals surface area contributed by atoms with Crippen molar-refractivity contribution in [2.24, 2.45) is 5.92 Å². The number of carbonyl (C=O) groups is 2. The predicted octanol–water partition coefficient (Wildman–Crippen LogP) is 3.60. The van der Waals surface area contributed by atoms with Gasteiger partial charge in [0.05, 0.1) is 7.11 Å². The molecular formula is C21H30F2N2O5. The quantitative estimate of drug-likeness (QED) is 0.718. The lowest BCUT2D eigenvalue weighted by Gasteiger charge is -2.32. The fourth-order valence-electron chi connectivity index (χ4n) is 3.19. The van der Waals surface area contributed by atoms with Crippen molar-refractivity contribution >= 4 is 12.0 Å². The van der Waals surface area contributed by atoms with Crippen LogP contribution >= 0.6 is 0 Å². The average Bonchev–Trinajstić information content (AvgIpc) is 2.66. The number of carbonyl (C=O) groups excluding carboxylic acids is 2. The van der Waals surface area contributed by atoms with Gasteiger partial charge in [-0.15, -0.1) is 0 Å². The Morgan fingerprint density at radius 1 is 1.20 bits per heavy atom. The first-order chi connectivity index (χ1) is 14.1. The van der Waals surface area contributed by atoms with Crippen molar-refractivity contribution in [3.8, 4) is 11.5 Å². The molecule has 1 aromatic rings. The van der Waals surface area contributed by atoms with E-state index in [1.165, 1.54) is 13.2 Å². The van der Waals surface area contributed by atoms with Crippen LogP contribution in [0.2, 0.25) is 0 Å². The SMILES string of the molecule is COc1ccc(CCNC(=O)C2CCN(C(=O)OC(C)(C)C)CC2)cc1OC(F)F. The third-order valence-electron chi connectivity index (χ3n) is 4.67. The Hall–Kier alpha value is -2.58. The second-order valence-corrected chi connectivity index (χ2v) is 8.15. The van der Waals surface area contributed by atoms with Gasteiger partial charge in [0.25, 0.3) is 0 Å². The van der Waals surface area contributed by atoms with E-state index in [1.54, 1.807) is 17.0 Å². The summed E-state index contributed by atoms with van der Waals surface area (Å²) in [5.74, 6) is -0.0561. The number of benzene rings is 1. The molecule has 7 nitrogen and oxygen atoms in total. The smallest absolute Gasteiger partial charge is 0.410 e. The maximum absolute atomic E-state index is 12.5. The van der Waals surface area contributed by atoms with Crippen LogP contribution in [0.1, 0.15) is 39.2 Å². The van der Waals surface area contributed by atoms with Crippen LogP contribution < -0.4 is 14.8 Å². The number of methoxy groups -OCH3 is 1. The summed E-state index contributed by atoms with van der Waals surface area (Å²) in [7, 11) is 1.38. The van der Waals surface area contributed by atoms with Gasteiger partial charge in [-0.1, -0.05) is 6.07 Å². The summed E-state index contributed by atoms with van der Waals surface area (Å²) in [6.07, 6.45) is 1.24. The molecule has 1 fully saturated rings. The number of alkyl halides is 2. The number of hydrogen-bond donors (Lipinski definition) is 1. The highest BCUT2D eigenvalue weighted by Gasteiger charge is 2.29. The molecule has 0 saturated carbocycles. The summed E-state index contributed by atoms with van der Waals surface area (Å²) < 4.78 is 39.9. The maximum atomic E-state index is 12.5. The number of amides is 2. The van der Waals surface area contributed by atoms with Crippen LogP contribution in [-0.2, 0) is 16.0 Å². The van der Waals surface area contributed by atoms with Crippen molar-refractivity contribution in [2.75, 3.05) is 26.7 Å². The Morgan fingerprint density at radius 2 is 1.87 bits per heavy atom. The topological polar surface area (TPSA) is 77.1 Å². The Bertz CT molecular complexity index is 729. The second-order valence-electron chi connectivity index (χ2n) is 8.15. The minimum Gasteiger partial charge on any atom is -0.493 e. The molecule has 1 aliphatic rings. The lowest BCUT2D eigenvalue weighted by atomic mass is 9.96. The van der Waals surface area contributed by atoms with Gasteiger partial charge in [-0.25, -0.2) is 4.79 Å². The van der Waals surface area contributed by atoms with Crippen LogP contribution in [0.15, 0.2) is 18.2 Å². The van der Waals surface area contributed by atoms with Crippen molar-refractivity contribution < 1.29 is 32.6 Å². The van der Waals surface area contributed by atoms with Crippen LogP contribution in [0, 0.1) is 5.92 Å². The first-order valence-corrected chi connectivity index (χ1v) is 9.96. The summed E-state index contributed by atoms with van der Waals surface area (Å²) in [6.45, 7) is 3.81. The van der Waals surface area contributed by atoms with Gasteiger partial charge in [0.1, 0.15) is 5.60 Å². The van der Waals surface area contributed by atoms with Crippen LogP contribution in [0.25, 0.3) is 0 Å². The van der Waals surface area contributed by atoms with E-state index in [2.05, 4.69) is 10.1 Å². The minimum absolute atomic E-state index is 0.0363. The molecule has 1 heterocycles. The molecule has 1 aliphatic heterocycles. The van der Waals surface area contributed by atoms with Gasteiger partial charge in [0.15, 0.2) is 11.5 Å². The minimum atomic E-state index is -2.94. The lowest BCUT2D eigenvalue weighted by molar-refractivity contribution is -0.126. The second kappa shape index (κ2) is 10.4. The molecule has 1 aromatic carbocycles. The van der Waals surface area contributed by atoms with E-state index in [0.717, 1.165) is 5.56 Å². The number of nitrogens with one attached hydrogen (secondary N) is 1. The first-order valence-electron chi connectivity index (χ1n) is 9.96. The number of rotatable bonds is 7. The molecule has 168 valence electrons. The number of ether oxygens (including phenoxy) is 3. The average molecular weight is 428 g/mol. The van der Waals surface area contributed by atoms with E-state index in [0.29, 0.717) is 38.9 Å². The summed E-state index contributed by atoms with van der Waals surface area (Å²) in [4.78, 5) is 26.1. The summed E-state index contributed by atoms with van der Waals surface area (Å²) in [5.41, 5.74) is 0.193. The first kappa shape index (κ1) is 23.7. The summed E-state index contributed by atoms with van der Waals surface area (Å²) in [5, 5.41) is 2.88. The lowest BCUT2D eigenvalue weighted by Crippen LogP contribution is -2.45. The summed E-state index contributed by atoms with van der Waals surface area (Å²) >= 11 is 0. The predicted molar refractivity (Wildman–Crippen MR) is 107 cm³/mol. The monoisotopic (exact) mass is 428 g/mol. The van der Waals surface area contributed by atoms with E-state index < -0.39 is 12.2 Å². The molecule has 2 rings (SSSR count). The summed E-state index contributed by atoms with van der Waals surface area (Å²) in [6, 6.07) is 4.78. The Kier molecular flexibility index (Phi) is 8.25. The molecule has 30 heavy (non-hydrogen) atoms. The van der Waals surface area contributed by atoms with Gasteiger partial charge >= 0.3 is 12.7 Å². The fraction of sp³-hybridized carbons (Fsp3) is 0.619. The zero-order chi connectivity index (χ0) is 22.3. The molecule has 1 saturated heterocycles. The molecule has 0 unspecified atom stereocenters.